The highest BCUT2D eigenvalue weighted by Gasteiger charge is 2.34. The summed E-state index contributed by atoms with van der Waals surface area (Å²) in [5, 5.41) is 13.6. The summed E-state index contributed by atoms with van der Waals surface area (Å²) in [4.78, 5) is 34.0. The Morgan fingerprint density at radius 2 is 1.79 bits per heavy atom. The zero-order chi connectivity index (χ0) is 29.9. The SMILES string of the molecule is CCN1CCCN(C(=O)Nc2ccc(CNC(=O)CCC3(C)N=N3)cc2)c2nc(-c3cccc(C(F)(F)F)c3)ccc21. The molecule has 2 aliphatic rings. The second-order valence-electron chi connectivity index (χ2n) is 10.5. The lowest BCUT2D eigenvalue weighted by molar-refractivity contribution is -0.137. The van der Waals surface area contributed by atoms with Gasteiger partial charge in [-0.1, -0.05) is 24.3 Å². The molecule has 3 aromatic rings. The Labute approximate surface area is 241 Å². The number of amides is 3. The monoisotopic (exact) mass is 579 g/mol. The van der Waals surface area contributed by atoms with E-state index >= 15 is 0 Å². The number of benzene rings is 2. The van der Waals surface area contributed by atoms with E-state index in [-0.39, 0.29) is 5.91 Å². The maximum atomic E-state index is 13.5. The fourth-order valence-corrected chi connectivity index (χ4v) is 4.80. The number of halogens is 3. The van der Waals surface area contributed by atoms with Gasteiger partial charge in [-0.3, -0.25) is 9.69 Å². The van der Waals surface area contributed by atoms with Gasteiger partial charge in [0.15, 0.2) is 11.5 Å². The first-order valence-corrected chi connectivity index (χ1v) is 13.9. The molecule has 12 heteroatoms. The lowest BCUT2D eigenvalue weighted by atomic mass is 10.1. The number of fused-ring (bicyclic) bond motifs is 1. The number of nitrogens with one attached hydrogen (secondary N) is 2. The Bertz CT molecular complexity index is 1480. The quantitative estimate of drug-likeness (QED) is 0.313. The smallest absolute Gasteiger partial charge is 0.369 e. The molecule has 0 unspecified atom stereocenters. The zero-order valence-corrected chi connectivity index (χ0v) is 23.4. The largest absolute Gasteiger partial charge is 0.416 e. The third kappa shape index (κ3) is 6.87. The molecule has 220 valence electrons. The van der Waals surface area contributed by atoms with Gasteiger partial charge in [0.05, 0.1) is 16.9 Å². The van der Waals surface area contributed by atoms with Gasteiger partial charge in [0, 0.05) is 50.3 Å². The number of pyridine rings is 1. The number of hydrogen-bond acceptors (Lipinski definition) is 6. The summed E-state index contributed by atoms with van der Waals surface area (Å²) in [6.45, 7) is 6.02. The van der Waals surface area contributed by atoms with E-state index < -0.39 is 23.4 Å². The first kappa shape index (κ1) is 29.0. The minimum atomic E-state index is -4.48. The van der Waals surface area contributed by atoms with Crippen molar-refractivity contribution in [3.05, 3.63) is 71.8 Å². The van der Waals surface area contributed by atoms with Crippen LogP contribution in [0.1, 0.15) is 44.2 Å². The van der Waals surface area contributed by atoms with Crippen LogP contribution < -0.4 is 20.4 Å². The number of anilines is 3. The Balaban J connectivity index is 1.30. The van der Waals surface area contributed by atoms with E-state index in [1.165, 1.54) is 11.0 Å². The van der Waals surface area contributed by atoms with Crippen LogP contribution in [-0.2, 0) is 17.5 Å². The van der Waals surface area contributed by atoms with Gasteiger partial charge in [0.1, 0.15) is 0 Å². The second kappa shape index (κ2) is 11.8. The van der Waals surface area contributed by atoms with Gasteiger partial charge in [0.2, 0.25) is 5.91 Å². The minimum Gasteiger partial charge on any atom is -0.369 e. The van der Waals surface area contributed by atoms with Crippen molar-refractivity contribution >= 4 is 29.1 Å². The second-order valence-corrected chi connectivity index (χ2v) is 10.5. The summed E-state index contributed by atoms with van der Waals surface area (Å²) in [6, 6.07) is 15.3. The molecule has 2 aromatic carbocycles. The highest BCUT2D eigenvalue weighted by atomic mass is 19.4. The van der Waals surface area contributed by atoms with E-state index in [9.17, 15) is 22.8 Å². The summed E-state index contributed by atoms with van der Waals surface area (Å²) in [7, 11) is 0. The Morgan fingerprint density at radius 3 is 2.48 bits per heavy atom. The predicted octanol–water partition coefficient (Wildman–Crippen LogP) is 6.61. The molecule has 3 heterocycles. The number of rotatable bonds is 8. The van der Waals surface area contributed by atoms with Crippen LogP contribution in [0.3, 0.4) is 0 Å². The highest BCUT2D eigenvalue weighted by Crippen LogP contribution is 2.36. The van der Waals surface area contributed by atoms with Gasteiger partial charge in [-0.15, -0.1) is 0 Å². The van der Waals surface area contributed by atoms with Gasteiger partial charge in [-0.25, -0.2) is 9.78 Å². The van der Waals surface area contributed by atoms with Gasteiger partial charge in [-0.2, -0.15) is 23.4 Å². The molecule has 1 aromatic heterocycles. The molecule has 2 aliphatic heterocycles. The van der Waals surface area contributed by atoms with Gasteiger partial charge < -0.3 is 15.5 Å². The highest BCUT2D eigenvalue weighted by molar-refractivity contribution is 6.03. The lowest BCUT2D eigenvalue weighted by Gasteiger charge is -2.25. The van der Waals surface area contributed by atoms with Crippen LogP contribution in [-0.4, -0.2) is 42.2 Å². The van der Waals surface area contributed by atoms with Gasteiger partial charge in [0.25, 0.3) is 0 Å². The van der Waals surface area contributed by atoms with E-state index in [2.05, 4.69) is 25.8 Å². The molecule has 0 fully saturated rings. The van der Waals surface area contributed by atoms with E-state index in [1.54, 1.807) is 24.3 Å². The van der Waals surface area contributed by atoms with Crippen molar-refractivity contribution in [3.63, 3.8) is 0 Å². The Morgan fingerprint density at radius 1 is 1.02 bits per heavy atom. The number of aromatic nitrogens is 1. The molecule has 0 spiro atoms. The van der Waals surface area contributed by atoms with Crippen molar-refractivity contribution in [3.8, 4) is 11.3 Å². The van der Waals surface area contributed by atoms with E-state index in [4.69, 9.17) is 4.98 Å². The molecule has 5 rings (SSSR count). The summed E-state index contributed by atoms with van der Waals surface area (Å²) in [6.07, 6.45) is -2.87. The van der Waals surface area contributed by atoms with E-state index in [0.29, 0.717) is 68.2 Å². The number of hydrogen-bond donors (Lipinski definition) is 2. The van der Waals surface area contributed by atoms with Crippen LogP contribution in [0.25, 0.3) is 11.3 Å². The van der Waals surface area contributed by atoms with Crippen molar-refractivity contribution in [2.24, 2.45) is 10.2 Å². The number of carbonyl (C=O) groups is 2. The average molecular weight is 580 g/mol. The molecule has 2 N–H and O–H groups in total. The van der Waals surface area contributed by atoms with Crippen LogP contribution in [0.15, 0.2) is 70.9 Å². The first-order chi connectivity index (χ1) is 20.0. The lowest BCUT2D eigenvalue weighted by Crippen LogP contribution is -2.36. The fourth-order valence-electron chi connectivity index (χ4n) is 4.80. The topological polar surface area (TPSA) is 102 Å². The molecule has 9 nitrogen and oxygen atoms in total. The molecule has 42 heavy (non-hydrogen) atoms. The van der Waals surface area contributed by atoms with Crippen molar-refractivity contribution in [2.45, 2.75) is 51.5 Å². The third-order valence-electron chi connectivity index (χ3n) is 7.34. The van der Waals surface area contributed by atoms with E-state index in [0.717, 1.165) is 23.4 Å². The van der Waals surface area contributed by atoms with Crippen LogP contribution in [0.2, 0.25) is 0 Å². The number of alkyl halides is 3. The molecular formula is C30H32F3N7O2. The third-order valence-corrected chi connectivity index (χ3v) is 7.34. The first-order valence-electron chi connectivity index (χ1n) is 13.9. The molecule has 0 aliphatic carbocycles. The van der Waals surface area contributed by atoms with Gasteiger partial charge >= 0.3 is 12.2 Å². The van der Waals surface area contributed by atoms with Crippen molar-refractivity contribution in [2.75, 3.05) is 34.8 Å². The summed E-state index contributed by atoms with van der Waals surface area (Å²) >= 11 is 0. The van der Waals surface area contributed by atoms with Gasteiger partial charge in [-0.05, 0) is 62.2 Å². The molecule has 3 amide bonds. The standard InChI is InChI=1S/C30H32F3N7O2/c1-3-39-16-5-17-40(27-25(39)13-12-24(36-27)21-6-4-7-22(18-21)30(31,32)33)28(42)35-23-10-8-20(9-11-23)19-34-26(41)14-15-29(2)37-38-29/h4,6-13,18H,3,5,14-17,19H2,1-2H3,(H,34,41)(H,35,42). The summed E-state index contributed by atoms with van der Waals surface area (Å²) < 4.78 is 40.0. The number of nitrogens with zero attached hydrogens (tertiary/aromatic N) is 5. The Hall–Kier alpha value is -4.48. The number of urea groups is 1. The average Bonchev–Trinajstić information content (AvgIpc) is 3.75. The maximum absolute atomic E-state index is 13.5. The molecular weight excluding hydrogens is 547 g/mol. The maximum Gasteiger partial charge on any atom is 0.416 e. The Kier molecular flexibility index (Phi) is 8.15. The fraction of sp³-hybridized carbons (Fsp3) is 0.367. The van der Waals surface area contributed by atoms with E-state index in [1.807, 2.05) is 32.0 Å². The minimum absolute atomic E-state index is 0.0798. The normalized spacial score (nSPS) is 15.5. The molecule has 0 saturated carbocycles. The molecule has 0 saturated heterocycles. The molecule has 0 atom stereocenters. The number of carbonyl (C=O) groups excluding carboxylic acids is 2. The molecule has 0 bridgehead atoms. The summed E-state index contributed by atoms with van der Waals surface area (Å²) in [5.74, 6) is 0.311. The van der Waals surface area contributed by atoms with Crippen LogP contribution in [0.5, 0.6) is 0 Å². The molecule has 0 radical (unpaired) electrons. The van der Waals surface area contributed by atoms with Crippen LogP contribution in [0.4, 0.5) is 35.2 Å². The predicted molar refractivity (Wildman–Crippen MR) is 154 cm³/mol. The van der Waals surface area contributed by atoms with Crippen molar-refractivity contribution in [1.29, 1.82) is 0 Å². The van der Waals surface area contributed by atoms with Crippen LogP contribution >= 0.6 is 0 Å². The van der Waals surface area contributed by atoms with Crippen LogP contribution in [0, 0.1) is 0 Å². The van der Waals surface area contributed by atoms with Crippen molar-refractivity contribution < 1.29 is 22.8 Å². The summed E-state index contributed by atoms with van der Waals surface area (Å²) in [5.41, 5.74) is 1.67. The van der Waals surface area contributed by atoms with Crippen molar-refractivity contribution in [1.82, 2.24) is 10.3 Å². The zero-order valence-electron chi connectivity index (χ0n) is 23.4.